The lowest BCUT2D eigenvalue weighted by atomic mass is 10.0. The first-order chi connectivity index (χ1) is 9.80. The Balaban J connectivity index is 2.99. The van der Waals surface area contributed by atoms with Crippen molar-refractivity contribution in [1.29, 1.82) is 0 Å². The first-order valence-electron chi connectivity index (χ1n) is 6.70. The number of carboxylic acid groups (broad SMARTS) is 1. The summed E-state index contributed by atoms with van der Waals surface area (Å²) < 4.78 is 5.26. The van der Waals surface area contributed by atoms with Crippen LogP contribution in [0.3, 0.4) is 0 Å². The number of aryl methyl sites for hydroxylation is 1. The van der Waals surface area contributed by atoms with Gasteiger partial charge in [-0.25, -0.2) is 4.79 Å². The SMILES string of the molecule is CCC(C)(OC)C(=O)Nc1cc(C)cc(/C=C/C(=O)O)c1. The van der Waals surface area contributed by atoms with Gasteiger partial charge in [0.15, 0.2) is 0 Å². The molecule has 1 unspecified atom stereocenters. The molecule has 0 spiro atoms. The van der Waals surface area contributed by atoms with Crippen LogP contribution in [0.25, 0.3) is 6.08 Å². The Morgan fingerprint density at radius 2 is 2.05 bits per heavy atom. The normalized spacial score (nSPS) is 13.9. The van der Waals surface area contributed by atoms with Crippen LogP contribution in [0.15, 0.2) is 24.3 Å². The quantitative estimate of drug-likeness (QED) is 0.790. The van der Waals surface area contributed by atoms with E-state index in [1.807, 2.05) is 26.0 Å². The number of methoxy groups -OCH3 is 1. The second-order valence-corrected chi connectivity index (χ2v) is 5.05. The Hall–Kier alpha value is -2.14. The number of carbonyl (C=O) groups is 2. The minimum Gasteiger partial charge on any atom is -0.478 e. The third-order valence-electron chi connectivity index (χ3n) is 3.38. The Labute approximate surface area is 124 Å². The summed E-state index contributed by atoms with van der Waals surface area (Å²) in [4.78, 5) is 22.8. The predicted octanol–water partition coefficient (Wildman–Crippen LogP) is 2.85. The Morgan fingerprint density at radius 3 is 2.57 bits per heavy atom. The van der Waals surface area contributed by atoms with Crippen LogP contribution in [-0.4, -0.2) is 29.7 Å². The van der Waals surface area contributed by atoms with E-state index >= 15 is 0 Å². The second kappa shape index (κ2) is 7.04. The summed E-state index contributed by atoms with van der Waals surface area (Å²) >= 11 is 0. The molecule has 1 aromatic rings. The molecule has 0 radical (unpaired) electrons. The molecular formula is C16H21NO4. The molecule has 1 atom stereocenters. The smallest absolute Gasteiger partial charge is 0.328 e. The van der Waals surface area contributed by atoms with Gasteiger partial charge in [0, 0.05) is 18.9 Å². The maximum atomic E-state index is 12.2. The number of aliphatic carboxylic acids is 1. The molecule has 0 fully saturated rings. The standard InChI is InChI=1S/C16H21NO4/c1-5-16(3,21-4)15(20)17-13-9-11(2)8-12(10-13)6-7-14(18)19/h6-10H,5H2,1-4H3,(H,17,20)(H,18,19)/b7-6+. The molecular weight excluding hydrogens is 270 g/mol. The summed E-state index contributed by atoms with van der Waals surface area (Å²) in [6.45, 7) is 5.48. The fourth-order valence-corrected chi connectivity index (χ4v) is 1.81. The number of hydrogen-bond donors (Lipinski definition) is 2. The van der Waals surface area contributed by atoms with Crippen molar-refractivity contribution in [3.8, 4) is 0 Å². The van der Waals surface area contributed by atoms with E-state index in [4.69, 9.17) is 9.84 Å². The van der Waals surface area contributed by atoms with Crippen molar-refractivity contribution in [2.75, 3.05) is 12.4 Å². The lowest BCUT2D eigenvalue weighted by molar-refractivity contribution is -0.136. The fourth-order valence-electron chi connectivity index (χ4n) is 1.81. The van der Waals surface area contributed by atoms with E-state index in [0.717, 1.165) is 11.6 Å². The molecule has 1 amide bonds. The van der Waals surface area contributed by atoms with Gasteiger partial charge in [-0.3, -0.25) is 4.79 Å². The van der Waals surface area contributed by atoms with E-state index in [-0.39, 0.29) is 5.91 Å². The van der Waals surface area contributed by atoms with E-state index in [1.165, 1.54) is 13.2 Å². The predicted molar refractivity (Wildman–Crippen MR) is 82.2 cm³/mol. The number of hydrogen-bond acceptors (Lipinski definition) is 3. The van der Waals surface area contributed by atoms with Crippen LogP contribution >= 0.6 is 0 Å². The van der Waals surface area contributed by atoms with Crippen LogP contribution < -0.4 is 5.32 Å². The molecule has 5 nitrogen and oxygen atoms in total. The topological polar surface area (TPSA) is 75.6 Å². The van der Waals surface area contributed by atoms with Crippen molar-refractivity contribution < 1.29 is 19.4 Å². The van der Waals surface area contributed by atoms with Gasteiger partial charge in [0.2, 0.25) is 0 Å². The highest BCUT2D eigenvalue weighted by Gasteiger charge is 2.30. The Bertz CT molecular complexity index is 559. The molecule has 0 saturated carbocycles. The molecule has 2 N–H and O–H groups in total. The number of ether oxygens (including phenoxy) is 1. The zero-order valence-corrected chi connectivity index (χ0v) is 12.8. The lowest BCUT2D eigenvalue weighted by Crippen LogP contribution is -2.41. The zero-order valence-electron chi connectivity index (χ0n) is 12.8. The maximum Gasteiger partial charge on any atom is 0.328 e. The van der Waals surface area contributed by atoms with Gasteiger partial charge in [0.05, 0.1) is 0 Å². The average molecular weight is 291 g/mol. The number of amides is 1. The third kappa shape index (κ3) is 4.72. The van der Waals surface area contributed by atoms with E-state index in [9.17, 15) is 9.59 Å². The number of rotatable bonds is 6. The van der Waals surface area contributed by atoms with Gasteiger partial charge in [-0.2, -0.15) is 0 Å². The molecule has 1 aromatic carbocycles. The highest BCUT2D eigenvalue weighted by Crippen LogP contribution is 2.20. The van der Waals surface area contributed by atoms with Gasteiger partial charge in [-0.1, -0.05) is 13.0 Å². The molecule has 0 heterocycles. The van der Waals surface area contributed by atoms with Gasteiger partial charge in [-0.05, 0) is 49.6 Å². The lowest BCUT2D eigenvalue weighted by Gasteiger charge is -2.25. The van der Waals surface area contributed by atoms with Crippen LogP contribution in [0.1, 0.15) is 31.4 Å². The first kappa shape index (κ1) is 16.9. The summed E-state index contributed by atoms with van der Waals surface area (Å²) in [7, 11) is 1.50. The number of nitrogens with one attached hydrogen (secondary N) is 1. The van der Waals surface area contributed by atoms with Gasteiger partial charge in [0.25, 0.3) is 5.91 Å². The Kier molecular flexibility index (Phi) is 5.67. The van der Waals surface area contributed by atoms with E-state index in [0.29, 0.717) is 17.7 Å². The summed E-state index contributed by atoms with van der Waals surface area (Å²) in [5, 5.41) is 11.5. The molecule has 0 aliphatic rings. The number of benzene rings is 1. The summed E-state index contributed by atoms with van der Waals surface area (Å²) in [5.41, 5.74) is 1.36. The van der Waals surface area contributed by atoms with Crippen LogP contribution in [0.2, 0.25) is 0 Å². The van der Waals surface area contributed by atoms with Crippen LogP contribution in [-0.2, 0) is 14.3 Å². The first-order valence-corrected chi connectivity index (χ1v) is 6.70. The maximum absolute atomic E-state index is 12.2. The second-order valence-electron chi connectivity index (χ2n) is 5.05. The number of anilines is 1. The average Bonchev–Trinajstić information content (AvgIpc) is 2.43. The van der Waals surface area contributed by atoms with E-state index < -0.39 is 11.6 Å². The third-order valence-corrected chi connectivity index (χ3v) is 3.38. The Morgan fingerprint density at radius 1 is 1.38 bits per heavy atom. The van der Waals surface area contributed by atoms with E-state index in [1.54, 1.807) is 13.0 Å². The summed E-state index contributed by atoms with van der Waals surface area (Å²) in [5.74, 6) is -1.24. The minimum absolute atomic E-state index is 0.230. The largest absolute Gasteiger partial charge is 0.478 e. The molecule has 0 saturated heterocycles. The zero-order chi connectivity index (χ0) is 16.0. The molecule has 114 valence electrons. The van der Waals surface area contributed by atoms with Gasteiger partial charge >= 0.3 is 5.97 Å². The molecule has 5 heteroatoms. The van der Waals surface area contributed by atoms with Gasteiger partial charge < -0.3 is 15.2 Å². The van der Waals surface area contributed by atoms with Crippen LogP contribution in [0, 0.1) is 6.92 Å². The van der Waals surface area contributed by atoms with Crippen molar-refractivity contribution in [3.63, 3.8) is 0 Å². The van der Waals surface area contributed by atoms with Crippen molar-refractivity contribution in [1.82, 2.24) is 0 Å². The minimum atomic E-state index is -1.01. The molecule has 21 heavy (non-hydrogen) atoms. The molecule has 0 aliphatic heterocycles. The fraction of sp³-hybridized carbons (Fsp3) is 0.375. The van der Waals surface area contributed by atoms with Crippen LogP contribution in [0.5, 0.6) is 0 Å². The van der Waals surface area contributed by atoms with Gasteiger partial charge in [-0.15, -0.1) is 0 Å². The summed E-state index contributed by atoms with van der Waals surface area (Å²) in [6.07, 6.45) is 3.10. The number of carbonyl (C=O) groups excluding carboxylic acids is 1. The molecule has 0 bridgehead atoms. The highest BCUT2D eigenvalue weighted by atomic mass is 16.5. The molecule has 1 rings (SSSR count). The van der Waals surface area contributed by atoms with Crippen molar-refractivity contribution >= 4 is 23.6 Å². The van der Waals surface area contributed by atoms with Crippen molar-refractivity contribution in [2.24, 2.45) is 0 Å². The number of carboxylic acids is 1. The van der Waals surface area contributed by atoms with Gasteiger partial charge in [0.1, 0.15) is 5.60 Å². The summed E-state index contributed by atoms with van der Waals surface area (Å²) in [6, 6.07) is 5.38. The van der Waals surface area contributed by atoms with E-state index in [2.05, 4.69) is 5.32 Å². The molecule has 0 aromatic heterocycles. The van der Waals surface area contributed by atoms with Crippen molar-refractivity contribution in [3.05, 3.63) is 35.4 Å². The van der Waals surface area contributed by atoms with Crippen LogP contribution in [0.4, 0.5) is 5.69 Å². The highest BCUT2D eigenvalue weighted by molar-refractivity contribution is 5.97. The molecule has 0 aliphatic carbocycles. The monoisotopic (exact) mass is 291 g/mol. The van der Waals surface area contributed by atoms with Crippen molar-refractivity contribution in [2.45, 2.75) is 32.8 Å².